The zero-order chi connectivity index (χ0) is 39.7. The Hall–Kier alpha value is -3.95. The lowest BCUT2D eigenvalue weighted by Crippen LogP contribution is -2.42. The van der Waals surface area contributed by atoms with Gasteiger partial charge in [0.05, 0.1) is 24.5 Å². The molecule has 0 aromatic heterocycles. The van der Waals surface area contributed by atoms with Gasteiger partial charge in [0, 0.05) is 28.5 Å². The molecule has 54 heavy (non-hydrogen) atoms. The Bertz CT molecular complexity index is 1660. The van der Waals surface area contributed by atoms with Crippen LogP contribution in [-0.4, -0.2) is 58.8 Å². The molecular formula is C44H57ClO9. The van der Waals surface area contributed by atoms with Crippen LogP contribution in [0.2, 0.25) is 5.02 Å². The number of hydrogen-bond acceptors (Lipinski definition) is 9. The molecule has 0 saturated carbocycles. The Kier molecular flexibility index (Phi) is 15.1. The van der Waals surface area contributed by atoms with Crippen molar-refractivity contribution >= 4 is 35.3 Å². The van der Waals surface area contributed by atoms with Crippen molar-refractivity contribution in [2.24, 2.45) is 29.6 Å². The summed E-state index contributed by atoms with van der Waals surface area (Å²) in [7, 11) is 0. The highest BCUT2D eigenvalue weighted by atomic mass is 35.5. The predicted octanol–water partition coefficient (Wildman–Crippen LogP) is 8.88. The highest BCUT2D eigenvalue weighted by Gasteiger charge is 2.42. The Balaban J connectivity index is 0.000000244. The number of allylic oxidation sites excluding steroid dienone is 3. The summed E-state index contributed by atoms with van der Waals surface area (Å²) in [6.45, 7) is 15.2. The second-order valence-electron chi connectivity index (χ2n) is 15.8. The first-order valence-corrected chi connectivity index (χ1v) is 19.6. The van der Waals surface area contributed by atoms with Gasteiger partial charge in [-0.25, -0.2) is 4.79 Å². The highest BCUT2D eigenvalue weighted by molar-refractivity contribution is 6.30. The molecule has 0 spiro atoms. The molecule has 3 aliphatic rings. The maximum absolute atomic E-state index is 12.5. The third kappa shape index (κ3) is 11.8. The number of ketones is 1. The maximum atomic E-state index is 12.5. The van der Waals surface area contributed by atoms with Gasteiger partial charge in [0.15, 0.2) is 11.4 Å². The van der Waals surface area contributed by atoms with Gasteiger partial charge < -0.3 is 24.1 Å². The number of ether oxygens (including phenoxy) is 4. The summed E-state index contributed by atoms with van der Waals surface area (Å²) in [6, 6.07) is 13.4. The molecule has 0 radical (unpaired) electrons. The van der Waals surface area contributed by atoms with Gasteiger partial charge in [-0.2, -0.15) is 0 Å². The number of halogens is 1. The second-order valence-corrected chi connectivity index (χ2v) is 16.2. The summed E-state index contributed by atoms with van der Waals surface area (Å²) in [5.41, 5.74) is 1.23. The summed E-state index contributed by atoms with van der Waals surface area (Å²) >= 11 is 5.84. The number of aliphatic hydroxyl groups excluding tert-OH is 1. The summed E-state index contributed by atoms with van der Waals surface area (Å²) in [5.74, 6) is 0.689. The van der Waals surface area contributed by atoms with Crippen molar-refractivity contribution in [3.63, 3.8) is 0 Å². The molecule has 1 saturated heterocycles. The van der Waals surface area contributed by atoms with Crippen LogP contribution >= 0.6 is 11.6 Å². The molecule has 0 unspecified atom stereocenters. The third-order valence-electron chi connectivity index (χ3n) is 10.4. The van der Waals surface area contributed by atoms with Crippen LogP contribution in [0.4, 0.5) is 0 Å². The van der Waals surface area contributed by atoms with E-state index in [1.165, 1.54) is 5.57 Å². The molecule has 10 heteroatoms. The lowest BCUT2D eigenvalue weighted by atomic mass is 9.65. The molecule has 5 rings (SSSR count). The topological polar surface area (TPSA) is 125 Å². The summed E-state index contributed by atoms with van der Waals surface area (Å²) in [4.78, 5) is 48.7. The predicted molar refractivity (Wildman–Crippen MR) is 208 cm³/mol. The van der Waals surface area contributed by atoms with Crippen molar-refractivity contribution in [2.75, 3.05) is 0 Å². The van der Waals surface area contributed by atoms with Crippen molar-refractivity contribution in [1.29, 1.82) is 0 Å². The Morgan fingerprint density at radius 3 is 2.19 bits per heavy atom. The minimum absolute atomic E-state index is 0.0854. The normalized spacial score (nSPS) is 25.6. The van der Waals surface area contributed by atoms with E-state index in [4.69, 9.17) is 30.5 Å². The molecule has 0 amide bonds. The number of benzene rings is 2. The smallest absolute Gasteiger partial charge is 0.350 e. The molecule has 2 aromatic carbocycles. The van der Waals surface area contributed by atoms with Crippen molar-refractivity contribution in [3.8, 4) is 5.75 Å². The Morgan fingerprint density at radius 2 is 1.59 bits per heavy atom. The molecule has 1 heterocycles. The summed E-state index contributed by atoms with van der Waals surface area (Å²) in [6.07, 6.45) is 9.49. The number of fused-ring (bicyclic) bond motifs is 1. The number of aliphatic hydroxyl groups is 1. The van der Waals surface area contributed by atoms with Gasteiger partial charge in [-0.15, -0.1) is 0 Å². The number of esters is 3. The Labute approximate surface area is 325 Å². The standard InChI is InChI=1S/C24H36O5.C20H21ClO4/c1-5-15(3)24(27)29-21-11-14(2)10-17-7-6-16(4)20(23(17)21)9-8-19-12-18(25)13-22(26)28-19;1-13(2)24-19(23)20(3,4)25-17-11-7-15(8-12-17)18(22)14-5-9-16(21)10-6-14/h6-7,10,14-16,18-21,23,25H,5,8-9,11-13H2,1-4H3;5-13H,1-4H3/t14-,15-,16-,18+,19+,20-,21-,23-;/m0./s1. The highest BCUT2D eigenvalue weighted by Crippen LogP contribution is 2.45. The van der Waals surface area contributed by atoms with Crippen LogP contribution in [0.3, 0.4) is 0 Å². The molecule has 9 nitrogen and oxygen atoms in total. The van der Waals surface area contributed by atoms with Gasteiger partial charge in [-0.3, -0.25) is 14.4 Å². The molecule has 1 N–H and O–H groups in total. The second kappa shape index (κ2) is 19.1. The fraction of sp³-hybridized carbons (Fsp3) is 0.545. The van der Waals surface area contributed by atoms with Gasteiger partial charge >= 0.3 is 17.9 Å². The minimum Gasteiger partial charge on any atom is -0.476 e. The average molecular weight is 765 g/mol. The van der Waals surface area contributed by atoms with Crippen LogP contribution in [-0.2, 0) is 28.6 Å². The van der Waals surface area contributed by atoms with E-state index < -0.39 is 17.7 Å². The number of carbonyl (C=O) groups excluding carboxylic acids is 4. The van der Waals surface area contributed by atoms with Crippen molar-refractivity contribution < 1.29 is 43.2 Å². The van der Waals surface area contributed by atoms with E-state index in [-0.39, 0.29) is 54.3 Å². The van der Waals surface area contributed by atoms with Gasteiger partial charge in [0.2, 0.25) is 0 Å². The molecule has 2 aromatic rings. The van der Waals surface area contributed by atoms with Crippen LogP contribution in [0.25, 0.3) is 0 Å². The molecule has 294 valence electrons. The average Bonchev–Trinajstić information content (AvgIpc) is 3.10. The largest absolute Gasteiger partial charge is 0.476 e. The molecule has 2 aliphatic carbocycles. The van der Waals surface area contributed by atoms with E-state index in [9.17, 15) is 24.3 Å². The number of rotatable bonds is 12. The van der Waals surface area contributed by atoms with Crippen molar-refractivity contribution in [3.05, 3.63) is 88.5 Å². The molecular weight excluding hydrogens is 708 g/mol. The van der Waals surface area contributed by atoms with Crippen LogP contribution in [0.1, 0.15) is 110 Å². The first kappa shape index (κ1) is 42.8. The van der Waals surface area contributed by atoms with Crippen LogP contribution < -0.4 is 4.74 Å². The number of carbonyl (C=O) groups is 4. The van der Waals surface area contributed by atoms with E-state index >= 15 is 0 Å². The minimum atomic E-state index is -1.12. The van der Waals surface area contributed by atoms with Gasteiger partial charge in [-0.05, 0) is 125 Å². The van der Waals surface area contributed by atoms with E-state index in [2.05, 4.69) is 32.1 Å². The van der Waals surface area contributed by atoms with Gasteiger partial charge in [-0.1, -0.05) is 57.5 Å². The van der Waals surface area contributed by atoms with Crippen LogP contribution in [0.15, 0.2) is 72.3 Å². The fourth-order valence-corrected chi connectivity index (χ4v) is 7.33. The monoisotopic (exact) mass is 764 g/mol. The van der Waals surface area contributed by atoms with Crippen LogP contribution in [0, 0.1) is 29.6 Å². The molecule has 1 fully saturated rings. The molecule has 8 atom stereocenters. The first-order chi connectivity index (χ1) is 25.5. The van der Waals surface area contributed by atoms with Crippen molar-refractivity contribution in [2.45, 2.75) is 124 Å². The fourth-order valence-electron chi connectivity index (χ4n) is 7.20. The summed E-state index contributed by atoms with van der Waals surface area (Å²) < 4.78 is 22.4. The first-order valence-electron chi connectivity index (χ1n) is 19.3. The maximum Gasteiger partial charge on any atom is 0.350 e. The zero-order valence-electron chi connectivity index (χ0n) is 32.9. The van der Waals surface area contributed by atoms with Gasteiger partial charge in [0.25, 0.3) is 0 Å². The lowest BCUT2D eigenvalue weighted by molar-refractivity contribution is -0.163. The quantitative estimate of drug-likeness (QED) is 0.128. The third-order valence-corrected chi connectivity index (χ3v) is 10.6. The van der Waals surface area contributed by atoms with E-state index in [1.807, 2.05) is 13.8 Å². The SMILES string of the molecule is CC(C)OC(=O)C(C)(C)Oc1ccc(C(=O)c2ccc(Cl)cc2)cc1.CC[C@H](C)C(=O)O[C@H]1C[C@@H](C)C=C2C=C[C@H](C)[C@H](CC[C@@H]3C[C@@H](O)CC(=O)O3)[C@H]21. The molecule has 0 bridgehead atoms. The molecule has 1 aliphatic heterocycles. The summed E-state index contributed by atoms with van der Waals surface area (Å²) in [5, 5.41) is 10.5. The number of cyclic esters (lactones) is 1. The van der Waals surface area contributed by atoms with E-state index in [1.54, 1.807) is 76.2 Å². The van der Waals surface area contributed by atoms with E-state index in [0.29, 0.717) is 46.1 Å². The van der Waals surface area contributed by atoms with E-state index in [0.717, 1.165) is 25.7 Å². The lowest BCUT2D eigenvalue weighted by Gasteiger charge is -2.43. The zero-order valence-corrected chi connectivity index (χ0v) is 33.6. The number of hydrogen-bond donors (Lipinski definition) is 1. The van der Waals surface area contributed by atoms with Crippen LogP contribution in [0.5, 0.6) is 5.75 Å². The van der Waals surface area contributed by atoms with Crippen molar-refractivity contribution in [1.82, 2.24) is 0 Å². The van der Waals surface area contributed by atoms with Gasteiger partial charge in [0.1, 0.15) is 18.0 Å². The Morgan fingerprint density at radius 1 is 0.963 bits per heavy atom.